The predicted octanol–water partition coefficient (Wildman–Crippen LogP) is 1.62. The minimum atomic E-state index is 0.156. The first-order chi connectivity index (χ1) is 8.08. The van der Waals surface area contributed by atoms with E-state index in [0.717, 1.165) is 25.9 Å². The van der Waals surface area contributed by atoms with Gasteiger partial charge in [0.1, 0.15) is 0 Å². The monoisotopic (exact) mass is 237 g/mol. The number of rotatable bonds is 6. The van der Waals surface area contributed by atoms with Crippen molar-refractivity contribution in [3.05, 3.63) is 22.9 Å². The van der Waals surface area contributed by atoms with E-state index in [4.69, 9.17) is 0 Å². The van der Waals surface area contributed by atoms with Crippen LogP contribution in [0.2, 0.25) is 0 Å². The highest BCUT2D eigenvalue weighted by Crippen LogP contribution is 2.33. The highest BCUT2D eigenvalue weighted by molar-refractivity contribution is 4.91. The summed E-state index contributed by atoms with van der Waals surface area (Å²) in [5, 5.41) is 3.40. The third kappa shape index (κ3) is 3.22. The lowest BCUT2D eigenvalue weighted by Gasteiger charge is -2.14. The van der Waals surface area contributed by atoms with Crippen LogP contribution in [0, 0.1) is 5.92 Å². The van der Waals surface area contributed by atoms with Gasteiger partial charge in [0.15, 0.2) is 0 Å². The van der Waals surface area contributed by atoms with Crippen molar-refractivity contribution in [2.75, 3.05) is 6.54 Å². The summed E-state index contributed by atoms with van der Waals surface area (Å²) < 4.78 is 3.72. The summed E-state index contributed by atoms with van der Waals surface area (Å²) in [6.45, 7) is 8.22. The first kappa shape index (κ1) is 12.4. The van der Waals surface area contributed by atoms with E-state index in [1.165, 1.54) is 0 Å². The van der Waals surface area contributed by atoms with Crippen LogP contribution >= 0.6 is 0 Å². The highest BCUT2D eigenvalue weighted by atomic mass is 16.1. The summed E-state index contributed by atoms with van der Waals surface area (Å²) in [5.74, 6) is 0.477. The van der Waals surface area contributed by atoms with Crippen LogP contribution < -0.4 is 11.0 Å². The predicted molar refractivity (Wildman–Crippen MR) is 69.3 cm³/mol. The maximum atomic E-state index is 12.0. The molecule has 1 fully saturated rings. The Bertz CT molecular complexity index is 415. The van der Waals surface area contributed by atoms with Crippen LogP contribution in [0.25, 0.3) is 0 Å². The van der Waals surface area contributed by atoms with Crippen molar-refractivity contribution >= 4 is 0 Å². The number of hydrogen-bond donors (Lipinski definition) is 1. The van der Waals surface area contributed by atoms with E-state index >= 15 is 0 Å². The third-order valence-electron chi connectivity index (χ3n) is 3.20. The summed E-state index contributed by atoms with van der Waals surface area (Å²) in [6, 6.07) is 0.984. The molecule has 0 aliphatic heterocycles. The van der Waals surface area contributed by atoms with Gasteiger partial charge >= 0.3 is 5.69 Å². The summed E-state index contributed by atoms with van der Waals surface area (Å²) in [6.07, 6.45) is 6.18. The van der Waals surface area contributed by atoms with Gasteiger partial charge in [-0.1, -0.05) is 20.8 Å². The molecule has 0 aromatic carbocycles. The molecule has 17 heavy (non-hydrogen) atoms. The van der Waals surface area contributed by atoms with Gasteiger partial charge in [-0.2, -0.15) is 0 Å². The first-order valence-electron chi connectivity index (χ1n) is 6.58. The van der Waals surface area contributed by atoms with Gasteiger partial charge < -0.3 is 5.32 Å². The second-order valence-electron chi connectivity index (χ2n) is 5.54. The van der Waals surface area contributed by atoms with Gasteiger partial charge in [0.05, 0.1) is 0 Å². The molecule has 4 nitrogen and oxygen atoms in total. The molecule has 0 spiro atoms. The smallest absolute Gasteiger partial charge is 0.314 e. The van der Waals surface area contributed by atoms with Gasteiger partial charge in [-0.15, -0.1) is 0 Å². The van der Waals surface area contributed by atoms with Crippen molar-refractivity contribution < 1.29 is 0 Å². The molecule has 2 rings (SSSR count). The Balaban J connectivity index is 1.91. The van der Waals surface area contributed by atoms with E-state index in [0.29, 0.717) is 18.0 Å². The number of imidazole rings is 1. The molecule has 1 aliphatic carbocycles. The molecule has 0 bridgehead atoms. The highest BCUT2D eigenvalue weighted by Gasteiger charge is 2.25. The van der Waals surface area contributed by atoms with Gasteiger partial charge in [-0.25, -0.2) is 4.79 Å². The molecule has 1 heterocycles. The molecule has 4 heteroatoms. The average Bonchev–Trinajstić information content (AvgIpc) is 3.04. The van der Waals surface area contributed by atoms with Crippen LogP contribution in [-0.2, 0) is 6.54 Å². The molecular weight excluding hydrogens is 214 g/mol. The Morgan fingerprint density at radius 2 is 2.06 bits per heavy atom. The van der Waals surface area contributed by atoms with Crippen molar-refractivity contribution in [3.8, 4) is 0 Å². The second kappa shape index (κ2) is 5.08. The number of nitrogens with zero attached hydrogens (tertiary/aromatic N) is 2. The molecule has 0 saturated heterocycles. The summed E-state index contributed by atoms with van der Waals surface area (Å²) in [4.78, 5) is 12.0. The fourth-order valence-corrected chi connectivity index (χ4v) is 2.03. The minimum Gasteiger partial charge on any atom is -0.314 e. The fraction of sp³-hybridized carbons (Fsp3) is 0.769. The normalized spacial score (nSPS) is 17.6. The van der Waals surface area contributed by atoms with E-state index < -0.39 is 0 Å². The molecule has 1 aromatic heterocycles. The molecule has 1 N–H and O–H groups in total. The van der Waals surface area contributed by atoms with E-state index in [1.54, 1.807) is 0 Å². The van der Waals surface area contributed by atoms with Crippen LogP contribution in [0.15, 0.2) is 17.2 Å². The fourth-order valence-electron chi connectivity index (χ4n) is 2.03. The lowest BCUT2D eigenvalue weighted by molar-refractivity contribution is 0.417. The molecular formula is C13H23N3O. The Morgan fingerprint density at radius 1 is 1.35 bits per heavy atom. The van der Waals surface area contributed by atoms with Crippen molar-refractivity contribution in [1.29, 1.82) is 0 Å². The Kier molecular flexibility index (Phi) is 3.72. The molecule has 1 aromatic rings. The van der Waals surface area contributed by atoms with Gasteiger partial charge in [0, 0.05) is 31.0 Å². The Labute approximate surface area is 103 Å². The van der Waals surface area contributed by atoms with Crippen LogP contribution in [0.4, 0.5) is 0 Å². The maximum absolute atomic E-state index is 12.0. The van der Waals surface area contributed by atoms with Crippen LogP contribution in [-0.4, -0.2) is 21.7 Å². The molecule has 1 unspecified atom stereocenters. The lowest BCUT2D eigenvalue weighted by Crippen LogP contribution is -2.32. The van der Waals surface area contributed by atoms with Crippen molar-refractivity contribution in [3.63, 3.8) is 0 Å². The molecule has 1 saturated carbocycles. The zero-order chi connectivity index (χ0) is 12.4. The molecule has 1 atom stereocenters. The Morgan fingerprint density at radius 3 is 2.65 bits per heavy atom. The largest absolute Gasteiger partial charge is 0.328 e. The van der Waals surface area contributed by atoms with Crippen molar-refractivity contribution in [2.45, 2.75) is 52.2 Å². The first-order valence-corrected chi connectivity index (χ1v) is 6.58. The average molecular weight is 237 g/mol. The molecule has 0 amide bonds. The zero-order valence-electron chi connectivity index (χ0n) is 11.0. The van der Waals surface area contributed by atoms with Gasteiger partial charge in [0.2, 0.25) is 0 Å². The standard InChI is InChI=1S/C13H23N3O/c1-10(2)14-8-11(3)9-15-6-7-16(13(15)17)12-4-5-12/h6-7,10-12,14H,4-5,8-9H2,1-3H3. The van der Waals surface area contributed by atoms with E-state index in [9.17, 15) is 4.79 Å². The van der Waals surface area contributed by atoms with Crippen molar-refractivity contribution in [1.82, 2.24) is 14.5 Å². The van der Waals surface area contributed by atoms with Crippen LogP contribution in [0.1, 0.15) is 39.7 Å². The van der Waals surface area contributed by atoms with Gasteiger partial charge in [-0.05, 0) is 25.3 Å². The minimum absolute atomic E-state index is 0.156. The molecule has 0 radical (unpaired) electrons. The number of aromatic nitrogens is 2. The van der Waals surface area contributed by atoms with Crippen LogP contribution in [0.5, 0.6) is 0 Å². The molecule has 1 aliphatic rings. The molecule has 96 valence electrons. The topological polar surface area (TPSA) is 39.0 Å². The number of hydrogen-bond acceptors (Lipinski definition) is 2. The third-order valence-corrected chi connectivity index (χ3v) is 3.20. The van der Waals surface area contributed by atoms with E-state index in [-0.39, 0.29) is 5.69 Å². The van der Waals surface area contributed by atoms with Crippen molar-refractivity contribution in [2.24, 2.45) is 5.92 Å². The number of nitrogens with one attached hydrogen (secondary N) is 1. The summed E-state index contributed by atoms with van der Waals surface area (Å²) in [5.41, 5.74) is 0.156. The van der Waals surface area contributed by atoms with Gasteiger partial charge in [0.25, 0.3) is 0 Å². The maximum Gasteiger partial charge on any atom is 0.328 e. The van der Waals surface area contributed by atoms with E-state index in [1.807, 2.05) is 21.5 Å². The quantitative estimate of drug-likeness (QED) is 0.816. The zero-order valence-corrected chi connectivity index (χ0v) is 11.0. The Hall–Kier alpha value is -1.03. The second-order valence-corrected chi connectivity index (χ2v) is 5.54. The van der Waals surface area contributed by atoms with Gasteiger partial charge in [-0.3, -0.25) is 9.13 Å². The summed E-state index contributed by atoms with van der Waals surface area (Å²) >= 11 is 0. The SMILES string of the molecule is CC(CNC(C)C)Cn1ccn(C2CC2)c1=O. The van der Waals surface area contributed by atoms with Crippen LogP contribution in [0.3, 0.4) is 0 Å². The van der Waals surface area contributed by atoms with E-state index in [2.05, 4.69) is 26.1 Å². The summed E-state index contributed by atoms with van der Waals surface area (Å²) in [7, 11) is 0. The lowest BCUT2D eigenvalue weighted by atomic mass is 10.1.